The molecule has 2 unspecified atom stereocenters. The third-order valence-corrected chi connectivity index (χ3v) is 16.6. The molecular weight excluding hydrogens is 625 g/mol. The highest BCUT2D eigenvalue weighted by molar-refractivity contribution is 6.84. The van der Waals surface area contributed by atoms with Crippen LogP contribution < -0.4 is 5.32 Å². The summed E-state index contributed by atoms with van der Waals surface area (Å²) in [5.41, 5.74) is 0. The molecule has 0 aromatic heterocycles. The summed E-state index contributed by atoms with van der Waals surface area (Å²) >= 11 is 0. The van der Waals surface area contributed by atoms with Gasteiger partial charge in [0.05, 0.1) is 74.2 Å². The van der Waals surface area contributed by atoms with Crippen LogP contribution >= 0.6 is 0 Å². The number of hydrogen-bond donors (Lipinski definition) is 3. The van der Waals surface area contributed by atoms with Crippen molar-refractivity contribution in [1.82, 2.24) is 4.90 Å². The molecule has 0 fully saturated rings. The molecule has 47 heavy (non-hydrogen) atoms. The van der Waals surface area contributed by atoms with Gasteiger partial charge in [0.25, 0.3) is 0 Å². The highest BCUT2D eigenvalue weighted by atomic mass is 28.4. The highest BCUT2D eigenvalue weighted by Gasteiger charge is 2.32. The maximum Gasteiger partial charge on any atom is 0.173 e. The molecule has 0 spiro atoms. The summed E-state index contributed by atoms with van der Waals surface area (Å²) in [6.45, 7) is 23.4. The van der Waals surface area contributed by atoms with Crippen molar-refractivity contribution in [3.8, 4) is 0 Å². The van der Waals surface area contributed by atoms with Crippen LogP contribution in [0, 0.1) is 0 Å². The van der Waals surface area contributed by atoms with Gasteiger partial charge >= 0.3 is 0 Å². The number of hydrogen-bond acceptors (Lipinski definition) is 6. The van der Waals surface area contributed by atoms with Gasteiger partial charge in [-0.1, -0.05) is 13.3 Å². The van der Waals surface area contributed by atoms with Crippen molar-refractivity contribution < 1.29 is 38.1 Å². The molecule has 4 N–H and O–H groups in total. The average molecular weight is 710 g/mol. The molecule has 0 aliphatic rings. The molecule has 0 bridgehead atoms. The van der Waals surface area contributed by atoms with E-state index < -0.39 is 28.8 Å². The van der Waals surface area contributed by atoms with Crippen LogP contribution in [0.3, 0.4) is 0 Å². The Kier molecular flexibility index (Phi) is 26.0. The Morgan fingerprint density at radius 3 is 1.74 bits per heavy atom. The second-order valence-electron chi connectivity index (χ2n) is 16.9. The van der Waals surface area contributed by atoms with Crippen molar-refractivity contribution in [2.75, 3.05) is 108 Å². The second kappa shape index (κ2) is 25.9. The average Bonchev–Trinajstić information content (AvgIpc) is 2.94. The Hall–Kier alpha value is 0.0738. The number of unbranched alkanes of at least 4 members (excludes halogenated alkanes) is 6. The molecule has 0 aromatic carbocycles. The van der Waals surface area contributed by atoms with Gasteiger partial charge in [0.2, 0.25) is 0 Å². The molecule has 0 radical (unpaired) electrons. The first-order chi connectivity index (χ1) is 21.9. The standard InChI is InChI=1S/C36H84N4O5Si2/c1-12-38(24-18-14-13-17-23-37-3)34-40(6,7)26-20-16-15-19-25-39(4,5)31-36(42)33-44-28-22-30-47(10,11)45-46(8,9)29-21-27-43-32-35(2)41/h35-37,41-42H,12-34H2,1-11H3/q+2/p+1. The van der Waals surface area contributed by atoms with Gasteiger partial charge in [-0.2, -0.15) is 0 Å². The minimum absolute atomic E-state index is 0.402. The van der Waals surface area contributed by atoms with E-state index in [0.717, 1.165) is 60.2 Å². The number of aliphatic hydroxyl groups excluding tert-OH is 2. The maximum atomic E-state index is 10.7. The fraction of sp³-hybridized carbons (Fsp3) is 1.00. The molecular formula is C36H85N4O5Si2+3. The van der Waals surface area contributed by atoms with E-state index in [1.165, 1.54) is 71.0 Å². The lowest BCUT2D eigenvalue weighted by molar-refractivity contribution is -0.900. The first-order valence-corrected chi connectivity index (χ1v) is 25.5. The normalized spacial score (nSPS) is 14.7. The van der Waals surface area contributed by atoms with Crippen LogP contribution in [0.2, 0.25) is 38.3 Å². The van der Waals surface area contributed by atoms with Crippen LogP contribution in [0.15, 0.2) is 0 Å². The van der Waals surface area contributed by atoms with E-state index in [0.29, 0.717) is 26.4 Å². The van der Waals surface area contributed by atoms with Crippen LogP contribution in [0.5, 0.6) is 0 Å². The third kappa shape index (κ3) is 29.5. The maximum absolute atomic E-state index is 10.7. The number of rotatable bonds is 33. The molecule has 9 nitrogen and oxygen atoms in total. The molecule has 0 aromatic rings. The number of ether oxygens (including phenoxy) is 2. The number of nitrogens with two attached hydrogens (primary N) is 1. The second-order valence-corrected chi connectivity index (χ2v) is 25.7. The Balaban J connectivity index is 4.10. The van der Waals surface area contributed by atoms with Gasteiger partial charge in [-0.25, -0.2) is 0 Å². The van der Waals surface area contributed by atoms with Crippen LogP contribution in [0.1, 0.15) is 78.1 Å². The predicted molar refractivity (Wildman–Crippen MR) is 205 cm³/mol. The number of nitrogens with zero attached hydrogens (tertiary/aromatic N) is 3. The zero-order valence-electron chi connectivity index (χ0n) is 33.5. The molecule has 11 heteroatoms. The quantitative estimate of drug-likeness (QED) is 0.0396. The number of likely N-dealkylation sites (N-methyl/N-ethyl adjacent to an activating group) is 1. The zero-order valence-corrected chi connectivity index (χ0v) is 35.5. The van der Waals surface area contributed by atoms with Crippen molar-refractivity contribution in [3.63, 3.8) is 0 Å². The Morgan fingerprint density at radius 1 is 0.702 bits per heavy atom. The van der Waals surface area contributed by atoms with Gasteiger partial charge in [0, 0.05) is 26.3 Å². The first-order valence-electron chi connectivity index (χ1n) is 19.3. The molecule has 0 aliphatic carbocycles. The summed E-state index contributed by atoms with van der Waals surface area (Å²) in [6, 6.07) is 2.15. The summed E-state index contributed by atoms with van der Waals surface area (Å²) < 4.78 is 20.1. The Bertz CT molecular complexity index is 744. The fourth-order valence-corrected chi connectivity index (χ4v) is 15.4. The SMILES string of the molecule is CCN(CCCCCC[NH2+]C)C[N+](C)(C)CCCCCC[N+](C)(C)CC(O)COCCC[Si](C)(C)O[Si](C)(C)CCCOCC(C)O. The topological polar surface area (TPSA) is 88.0 Å². The molecule has 0 aliphatic heterocycles. The van der Waals surface area contributed by atoms with Gasteiger partial charge in [-0.15, -0.1) is 0 Å². The molecule has 2 atom stereocenters. The van der Waals surface area contributed by atoms with Crippen molar-refractivity contribution >= 4 is 16.6 Å². The van der Waals surface area contributed by atoms with Gasteiger partial charge in [0.15, 0.2) is 16.6 Å². The predicted octanol–water partition coefficient (Wildman–Crippen LogP) is 4.71. The largest absolute Gasteiger partial charge is 0.455 e. The van der Waals surface area contributed by atoms with Gasteiger partial charge in [-0.3, -0.25) is 4.90 Å². The lowest BCUT2D eigenvalue weighted by Crippen LogP contribution is -2.79. The van der Waals surface area contributed by atoms with Crippen LogP contribution in [0.4, 0.5) is 0 Å². The molecule has 284 valence electrons. The first kappa shape index (κ1) is 47.1. The van der Waals surface area contributed by atoms with E-state index >= 15 is 0 Å². The zero-order chi connectivity index (χ0) is 35.8. The van der Waals surface area contributed by atoms with Gasteiger partial charge in [0.1, 0.15) is 19.3 Å². The minimum Gasteiger partial charge on any atom is -0.455 e. The number of aliphatic hydroxyl groups is 2. The summed E-state index contributed by atoms with van der Waals surface area (Å²) in [6.07, 6.45) is 11.6. The monoisotopic (exact) mass is 710 g/mol. The summed E-state index contributed by atoms with van der Waals surface area (Å²) in [5.74, 6) is 0. The van der Waals surface area contributed by atoms with Crippen LogP contribution in [-0.4, -0.2) is 161 Å². The van der Waals surface area contributed by atoms with Crippen molar-refractivity contribution in [3.05, 3.63) is 0 Å². The molecule has 0 saturated heterocycles. The van der Waals surface area contributed by atoms with Crippen molar-refractivity contribution in [2.45, 2.75) is 129 Å². The smallest absolute Gasteiger partial charge is 0.173 e. The minimum atomic E-state index is -1.76. The summed E-state index contributed by atoms with van der Waals surface area (Å²) in [7, 11) is 7.92. The van der Waals surface area contributed by atoms with E-state index in [-0.39, 0.29) is 0 Å². The Labute approximate surface area is 295 Å². The molecule has 0 saturated carbocycles. The summed E-state index contributed by atoms with van der Waals surface area (Å²) in [5, 5.41) is 22.3. The van der Waals surface area contributed by atoms with Crippen LogP contribution in [0.25, 0.3) is 0 Å². The van der Waals surface area contributed by atoms with E-state index in [2.05, 4.69) is 78.6 Å². The van der Waals surface area contributed by atoms with E-state index in [1.54, 1.807) is 6.92 Å². The lowest BCUT2D eigenvalue weighted by atomic mass is 10.1. The number of quaternary nitrogens is 3. The molecule has 0 rings (SSSR count). The third-order valence-electron chi connectivity index (χ3n) is 9.09. The Morgan fingerprint density at radius 2 is 1.21 bits per heavy atom. The van der Waals surface area contributed by atoms with E-state index in [1.807, 2.05) is 0 Å². The van der Waals surface area contributed by atoms with E-state index in [9.17, 15) is 10.2 Å². The molecule has 0 heterocycles. The van der Waals surface area contributed by atoms with Gasteiger partial charge in [-0.05, 0) is 103 Å². The molecule has 0 amide bonds. The van der Waals surface area contributed by atoms with Crippen molar-refractivity contribution in [1.29, 1.82) is 0 Å². The van der Waals surface area contributed by atoms with Crippen LogP contribution in [-0.2, 0) is 13.6 Å². The lowest BCUT2D eigenvalue weighted by Gasteiger charge is -2.35. The fourth-order valence-electron chi connectivity index (χ4n) is 6.65. The van der Waals surface area contributed by atoms with Crippen molar-refractivity contribution in [2.24, 2.45) is 0 Å². The summed E-state index contributed by atoms with van der Waals surface area (Å²) in [4.78, 5) is 2.64. The van der Waals surface area contributed by atoms with E-state index in [4.69, 9.17) is 13.6 Å². The van der Waals surface area contributed by atoms with Gasteiger partial charge < -0.3 is 38.1 Å². The highest BCUT2D eigenvalue weighted by Crippen LogP contribution is 2.24.